The van der Waals surface area contributed by atoms with Crippen LogP contribution in [-0.2, 0) is 11.3 Å². The van der Waals surface area contributed by atoms with Crippen molar-refractivity contribution in [1.82, 2.24) is 15.3 Å². The first-order valence-corrected chi connectivity index (χ1v) is 9.29. The second kappa shape index (κ2) is 9.36. The Balaban J connectivity index is 1.62. The molecule has 8 heteroatoms. The lowest BCUT2D eigenvalue weighted by Gasteiger charge is -2.13. The van der Waals surface area contributed by atoms with Crippen LogP contribution in [0.2, 0.25) is 0 Å². The molecule has 0 aliphatic carbocycles. The quantitative estimate of drug-likeness (QED) is 0.719. The van der Waals surface area contributed by atoms with Crippen LogP contribution in [0, 0.1) is 6.92 Å². The Morgan fingerprint density at radius 1 is 1.21 bits per heavy atom. The Kier molecular flexibility index (Phi) is 6.65. The molecule has 1 aromatic carbocycles. The van der Waals surface area contributed by atoms with E-state index in [1.807, 2.05) is 18.2 Å². The lowest BCUT2D eigenvalue weighted by Crippen LogP contribution is -2.25. The van der Waals surface area contributed by atoms with Gasteiger partial charge in [-0.25, -0.2) is 9.97 Å². The van der Waals surface area contributed by atoms with Gasteiger partial charge in [-0.2, -0.15) is 0 Å². The van der Waals surface area contributed by atoms with E-state index in [-0.39, 0.29) is 12.0 Å². The van der Waals surface area contributed by atoms with E-state index in [2.05, 4.69) is 20.6 Å². The molecule has 0 spiro atoms. The average molecular weight is 386 g/mol. The van der Waals surface area contributed by atoms with E-state index in [1.54, 1.807) is 27.2 Å². The first-order chi connectivity index (χ1) is 13.6. The summed E-state index contributed by atoms with van der Waals surface area (Å²) in [6.45, 7) is 3.59. The van der Waals surface area contributed by atoms with E-state index in [4.69, 9.17) is 14.2 Å². The number of hydrogen-bond donors (Lipinski definition) is 2. The summed E-state index contributed by atoms with van der Waals surface area (Å²) >= 11 is 0. The van der Waals surface area contributed by atoms with E-state index in [0.717, 1.165) is 25.0 Å². The number of hydrogen-bond acceptors (Lipinski definition) is 7. The molecular formula is C20H26N4O4. The van der Waals surface area contributed by atoms with Crippen molar-refractivity contribution in [2.75, 3.05) is 32.7 Å². The molecule has 0 bridgehead atoms. The second-order valence-electron chi connectivity index (χ2n) is 6.57. The van der Waals surface area contributed by atoms with E-state index >= 15 is 0 Å². The standard InChI is InChI=1S/C20H26N4O4/c1-13-23-16(10-19(24-13)21-12-15-5-4-8-28-15)20(25)22-11-14-6-7-17(26-2)18(9-14)27-3/h6-7,9-10,15H,4-5,8,11-12H2,1-3H3,(H,22,25)(H,21,23,24). The van der Waals surface area contributed by atoms with Crippen molar-refractivity contribution in [3.05, 3.63) is 41.3 Å². The van der Waals surface area contributed by atoms with Gasteiger partial charge in [0.25, 0.3) is 5.91 Å². The summed E-state index contributed by atoms with van der Waals surface area (Å²) in [5.74, 6) is 2.16. The van der Waals surface area contributed by atoms with Gasteiger partial charge in [0.05, 0.1) is 20.3 Å². The van der Waals surface area contributed by atoms with Gasteiger partial charge in [-0.1, -0.05) is 6.07 Å². The molecule has 0 radical (unpaired) electrons. The van der Waals surface area contributed by atoms with Crippen molar-refractivity contribution in [3.63, 3.8) is 0 Å². The Labute approximate surface area is 164 Å². The van der Waals surface area contributed by atoms with Gasteiger partial charge in [-0.05, 0) is 37.5 Å². The summed E-state index contributed by atoms with van der Waals surface area (Å²) < 4.78 is 16.1. The fourth-order valence-electron chi connectivity index (χ4n) is 3.06. The minimum absolute atomic E-state index is 0.192. The molecule has 150 valence electrons. The van der Waals surface area contributed by atoms with Gasteiger partial charge in [0.1, 0.15) is 17.3 Å². The second-order valence-corrected chi connectivity index (χ2v) is 6.57. The molecule has 0 saturated carbocycles. The predicted octanol–water partition coefficient (Wildman–Crippen LogP) is 2.32. The zero-order chi connectivity index (χ0) is 19.9. The first kappa shape index (κ1) is 19.9. The molecule has 2 aromatic rings. The van der Waals surface area contributed by atoms with E-state index in [1.165, 1.54) is 0 Å². The zero-order valence-corrected chi connectivity index (χ0v) is 16.4. The Morgan fingerprint density at radius 2 is 2.04 bits per heavy atom. The van der Waals surface area contributed by atoms with Crippen molar-refractivity contribution in [1.29, 1.82) is 0 Å². The van der Waals surface area contributed by atoms with Gasteiger partial charge < -0.3 is 24.8 Å². The lowest BCUT2D eigenvalue weighted by molar-refractivity contribution is 0.0945. The maximum Gasteiger partial charge on any atom is 0.270 e. The maximum absolute atomic E-state index is 12.6. The summed E-state index contributed by atoms with van der Waals surface area (Å²) in [4.78, 5) is 21.1. The number of nitrogens with zero attached hydrogens (tertiary/aromatic N) is 2. The number of benzene rings is 1. The molecule has 1 aliphatic heterocycles. The number of ether oxygens (including phenoxy) is 3. The Hall–Kier alpha value is -2.87. The van der Waals surface area contributed by atoms with Crippen LogP contribution in [0.25, 0.3) is 0 Å². The third kappa shape index (κ3) is 5.10. The van der Waals surface area contributed by atoms with Crippen LogP contribution >= 0.6 is 0 Å². The number of aromatic nitrogens is 2. The van der Waals surface area contributed by atoms with Crippen LogP contribution in [0.5, 0.6) is 11.5 Å². The van der Waals surface area contributed by atoms with Crippen molar-refractivity contribution in [2.24, 2.45) is 0 Å². The summed E-state index contributed by atoms with van der Waals surface area (Å²) in [6.07, 6.45) is 2.31. The topological polar surface area (TPSA) is 94.6 Å². The van der Waals surface area contributed by atoms with Crippen molar-refractivity contribution >= 4 is 11.7 Å². The van der Waals surface area contributed by atoms with Crippen LogP contribution in [-0.4, -0.2) is 49.4 Å². The highest BCUT2D eigenvalue weighted by molar-refractivity contribution is 5.92. The Bertz CT molecular complexity index is 822. The number of aryl methyl sites for hydroxylation is 1. The van der Waals surface area contributed by atoms with Crippen molar-refractivity contribution in [2.45, 2.75) is 32.4 Å². The van der Waals surface area contributed by atoms with Crippen LogP contribution in [0.1, 0.15) is 34.7 Å². The number of carbonyl (C=O) groups is 1. The van der Waals surface area contributed by atoms with Gasteiger partial charge >= 0.3 is 0 Å². The minimum Gasteiger partial charge on any atom is -0.493 e. The highest BCUT2D eigenvalue weighted by atomic mass is 16.5. The number of rotatable bonds is 8. The maximum atomic E-state index is 12.6. The van der Waals surface area contributed by atoms with Gasteiger partial charge in [-0.15, -0.1) is 0 Å². The fourth-order valence-corrected chi connectivity index (χ4v) is 3.06. The molecule has 1 aromatic heterocycles. The molecular weight excluding hydrogens is 360 g/mol. The third-order valence-electron chi connectivity index (χ3n) is 4.51. The molecule has 1 atom stereocenters. The van der Waals surface area contributed by atoms with Crippen LogP contribution in [0.15, 0.2) is 24.3 Å². The number of carbonyl (C=O) groups excluding carboxylic acids is 1. The molecule has 8 nitrogen and oxygen atoms in total. The molecule has 1 saturated heterocycles. The monoisotopic (exact) mass is 386 g/mol. The average Bonchev–Trinajstić information content (AvgIpc) is 3.23. The van der Waals surface area contributed by atoms with Gasteiger partial charge in [0.15, 0.2) is 11.5 Å². The van der Waals surface area contributed by atoms with Crippen LogP contribution in [0.4, 0.5) is 5.82 Å². The Morgan fingerprint density at radius 3 is 2.75 bits per heavy atom. The molecule has 1 aliphatic rings. The highest BCUT2D eigenvalue weighted by Crippen LogP contribution is 2.27. The van der Waals surface area contributed by atoms with Crippen LogP contribution in [0.3, 0.4) is 0 Å². The molecule has 28 heavy (non-hydrogen) atoms. The minimum atomic E-state index is -0.263. The predicted molar refractivity (Wildman–Crippen MR) is 105 cm³/mol. The number of amides is 1. The number of anilines is 1. The normalized spacial score (nSPS) is 15.9. The summed E-state index contributed by atoms with van der Waals surface area (Å²) in [7, 11) is 3.16. The summed E-state index contributed by atoms with van der Waals surface area (Å²) in [5.41, 5.74) is 1.22. The smallest absolute Gasteiger partial charge is 0.270 e. The largest absolute Gasteiger partial charge is 0.493 e. The third-order valence-corrected chi connectivity index (χ3v) is 4.51. The van der Waals surface area contributed by atoms with Gasteiger partial charge in [-0.3, -0.25) is 4.79 Å². The molecule has 1 amide bonds. The van der Waals surface area contributed by atoms with Gasteiger partial charge in [0, 0.05) is 25.8 Å². The number of methoxy groups -OCH3 is 2. The lowest BCUT2D eigenvalue weighted by atomic mass is 10.2. The zero-order valence-electron chi connectivity index (χ0n) is 16.4. The van der Waals surface area contributed by atoms with E-state index in [9.17, 15) is 4.79 Å². The summed E-state index contributed by atoms with van der Waals surface area (Å²) in [5, 5.41) is 6.12. The highest BCUT2D eigenvalue weighted by Gasteiger charge is 2.16. The van der Waals surface area contributed by atoms with E-state index in [0.29, 0.717) is 41.9 Å². The van der Waals surface area contributed by atoms with Gasteiger partial charge in [0.2, 0.25) is 0 Å². The SMILES string of the molecule is COc1ccc(CNC(=O)c2cc(NCC3CCCO3)nc(C)n2)cc1OC. The molecule has 2 heterocycles. The van der Waals surface area contributed by atoms with Crippen LogP contribution < -0.4 is 20.1 Å². The summed E-state index contributed by atoms with van der Waals surface area (Å²) in [6, 6.07) is 7.18. The van der Waals surface area contributed by atoms with Crippen molar-refractivity contribution < 1.29 is 19.0 Å². The molecule has 3 rings (SSSR count). The van der Waals surface area contributed by atoms with E-state index < -0.39 is 0 Å². The first-order valence-electron chi connectivity index (χ1n) is 9.29. The fraction of sp³-hybridized carbons (Fsp3) is 0.450. The van der Waals surface area contributed by atoms with Crippen molar-refractivity contribution in [3.8, 4) is 11.5 Å². The molecule has 2 N–H and O–H groups in total. The molecule has 1 fully saturated rings. The molecule has 1 unspecified atom stereocenters. The number of nitrogens with one attached hydrogen (secondary N) is 2.